The Morgan fingerprint density at radius 3 is 3.06 bits per heavy atom. The fourth-order valence-electron chi connectivity index (χ4n) is 1.70. The van der Waals surface area contributed by atoms with Gasteiger partial charge in [-0.3, -0.25) is 9.59 Å². The van der Waals surface area contributed by atoms with Gasteiger partial charge in [0.2, 0.25) is 6.41 Å². The molecule has 2 rings (SSSR count). The van der Waals surface area contributed by atoms with Crippen molar-refractivity contribution >= 4 is 6.41 Å². The third-order valence-electron chi connectivity index (χ3n) is 2.63. The highest BCUT2D eigenvalue weighted by Gasteiger charge is 2.12. The molecule has 1 aliphatic heterocycles. The Bertz CT molecular complexity index is 562. The molecule has 0 aromatic heterocycles. The van der Waals surface area contributed by atoms with Crippen LogP contribution in [0.5, 0.6) is 0 Å². The van der Waals surface area contributed by atoms with Gasteiger partial charge in [0.05, 0.1) is 5.69 Å². The van der Waals surface area contributed by atoms with Crippen molar-refractivity contribution < 1.29 is 9.32 Å². The zero-order valence-electron chi connectivity index (χ0n) is 9.40. The fraction of sp³-hybridized carbons (Fsp3) is 0.250. The van der Waals surface area contributed by atoms with E-state index in [2.05, 4.69) is 10.5 Å². The number of carbonyl (C=O) groups excluding carboxylic acids is 1. The molecule has 0 fully saturated rings. The van der Waals surface area contributed by atoms with E-state index in [0.29, 0.717) is 25.1 Å². The lowest BCUT2D eigenvalue weighted by Gasteiger charge is -2.09. The molecule has 88 valence electrons. The monoisotopic (exact) mass is 232 g/mol. The van der Waals surface area contributed by atoms with Crippen molar-refractivity contribution in [2.75, 3.05) is 6.54 Å². The molecule has 5 heteroatoms. The van der Waals surface area contributed by atoms with Gasteiger partial charge in [-0.15, -0.1) is 0 Å². The molecule has 17 heavy (non-hydrogen) atoms. The minimum absolute atomic E-state index is 0.0992. The van der Waals surface area contributed by atoms with Gasteiger partial charge < -0.3 is 9.84 Å². The van der Waals surface area contributed by atoms with E-state index < -0.39 is 0 Å². The average molecular weight is 232 g/mol. The predicted molar refractivity (Wildman–Crippen MR) is 61.9 cm³/mol. The minimum atomic E-state index is -0.0992. The van der Waals surface area contributed by atoms with Gasteiger partial charge in [0.15, 0.2) is 11.2 Å². The third kappa shape index (κ3) is 2.33. The topological polar surface area (TPSA) is 72.2 Å². The highest BCUT2D eigenvalue weighted by Crippen LogP contribution is 2.24. The molecule has 1 amide bonds. The Kier molecular flexibility index (Phi) is 3.18. The quantitative estimate of drug-likeness (QED) is 0.623. The van der Waals surface area contributed by atoms with Crippen LogP contribution in [0.2, 0.25) is 0 Å². The summed E-state index contributed by atoms with van der Waals surface area (Å²) in [6, 6.07) is 4.65. The molecule has 0 unspecified atom stereocenters. The van der Waals surface area contributed by atoms with E-state index in [1.165, 1.54) is 12.1 Å². The summed E-state index contributed by atoms with van der Waals surface area (Å²) in [5.41, 5.74) is 2.53. The first-order valence-corrected chi connectivity index (χ1v) is 5.28. The van der Waals surface area contributed by atoms with Crippen LogP contribution in [0.4, 0.5) is 0 Å². The van der Waals surface area contributed by atoms with Crippen LogP contribution in [0.15, 0.2) is 27.5 Å². The summed E-state index contributed by atoms with van der Waals surface area (Å²) in [7, 11) is 0. The second kappa shape index (κ2) is 4.78. The molecule has 0 aromatic rings. The van der Waals surface area contributed by atoms with E-state index in [-0.39, 0.29) is 5.43 Å². The number of rotatable bonds is 4. The van der Waals surface area contributed by atoms with Crippen LogP contribution in [0.1, 0.15) is 11.3 Å². The number of hydrogen-bond donors (Lipinski definition) is 1. The third-order valence-corrected chi connectivity index (χ3v) is 2.63. The fourth-order valence-corrected chi connectivity index (χ4v) is 1.70. The van der Waals surface area contributed by atoms with Crippen LogP contribution in [0, 0.1) is 6.92 Å². The number of fused-ring (bicyclic) bond motifs is 1. The van der Waals surface area contributed by atoms with Gasteiger partial charge >= 0.3 is 0 Å². The zero-order valence-corrected chi connectivity index (χ0v) is 9.40. The Morgan fingerprint density at radius 1 is 1.47 bits per heavy atom. The van der Waals surface area contributed by atoms with Crippen molar-refractivity contribution in [1.82, 2.24) is 10.5 Å². The van der Waals surface area contributed by atoms with E-state index in [1.54, 1.807) is 6.07 Å². The Balaban J connectivity index is 2.37. The molecule has 0 saturated carbocycles. The maximum atomic E-state index is 11.2. The van der Waals surface area contributed by atoms with Crippen LogP contribution in [0.25, 0.3) is 11.3 Å². The number of hydrogen-bond acceptors (Lipinski definition) is 4. The van der Waals surface area contributed by atoms with Gasteiger partial charge in [-0.05, 0) is 24.6 Å². The van der Waals surface area contributed by atoms with Gasteiger partial charge in [-0.25, -0.2) is 0 Å². The highest BCUT2D eigenvalue weighted by atomic mass is 16.5. The standard InChI is InChI=1S/C12H12N2O3/c1-8-10-3-2-9(16)6-12(10)17-14-11(8)4-5-13-7-15/h2-3,6-7H,4-5H2,1H3,(H,13,15). The van der Waals surface area contributed by atoms with Gasteiger partial charge in [-0.1, -0.05) is 5.16 Å². The molecular formula is C12H12N2O3. The lowest BCUT2D eigenvalue weighted by atomic mass is 10.0. The lowest BCUT2D eigenvalue weighted by molar-refractivity contribution is -0.109. The number of nitrogens with zero attached hydrogens (tertiary/aromatic N) is 1. The molecule has 2 aliphatic rings. The van der Waals surface area contributed by atoms with Gasteiger partial charge in [-0.2, -0.15) is 0 Å². The summed E-state index contributed by atoms with van der Waals surface area (Å²) < 4.78 is 5.17. The van der Waals surface area contributed by atoms with Crippen molar-refractivity contribution in [2.45, 2.75) is 13.3 Å². The number of carbonyl (C=O) groups is 1. The van der Waals surface area contributed by atoms with Crippen molar-refractivity contribution in [3.63, 3.8) is 0 Å². The molecule has 0 atom stereocenters. The average Bonchev–Trinajstić information content (AvgIpc) is 2.32. The van der Waals surface area contributed by atoms with Crippen LogP contribution >= 0.6 is 0 Å². The Morgan fingerprint density at radius 2 is 2.29 bits per heavy atom. The summed E-state index contributed by atoms with van der Waals surface area (Å²) in [6.45, 7) is 2.43. The molecule has 0 saturated heterocycles. The molecule has 0 spiro atoms. The van der Waals surface area contributed by atoms with Gasteiger partial charge in [0.1, 0.15) is 0 Å². The Labute approximate surface area is 97.8 Å². The molecule has 0 radical (unpaired) electrons. The predicted octanol–water partition coefficient (Wildman–Crippen LogP) is 0.737. The smallest absolute Gasteiger partial charge is 0.207 e. The first kappa shape index (κ1) is 11.3. The maximum absolute atomic E-state index is 11.2. The first-order chi connectivity index (χ1) is 8.22. The zero-order chi connectivity index (χ0) is 12.3. The van der Waals surface area contributed by atoms with E-state index >= 15 is 0 Å². The van der Waals surface area contributed by atoms with E-state index in [0.717, 1.165) is 16.8 Å². The Hall–Kier alpha value is -2.17. The van der Waals surface area contributed by atoms with Crippen molar-refractivity contribution in [1.29, 1.82) is 0 Å². The summed E-state index contributed by atoms with van der Waals surface area (Å²) >= 11 is 0. The summed E-state index contributed by atoms with van der Waals surface area (Å²) in [4.78, 5) is 21.3. The normalized spacial score (nSPS) is 10.4. The van der Waals surface area contributed by atoms with E-state index in [4.69, 9.17) is 4.52 Å². The van der Waals surface area contributed by atoms with Crippen molar-refractivity contribution in [3.8, 4) is 11.3 Å². The molecule has 1 N–H and O–H groups in total. The number of nitrogens with one attached hydrogen (secondary N) is 1. The highest BCUT2D eigenvalue weighted by molar-refractivity contribution is 5.63. The number of benzene rings is 1. The van der Waals surface area contributed by atoms with Crippen molar-refractivity contribution in [3.05, 3.63) is 39.7 Å². The summed E-state index contributed by atoms with van der Waals surface area (Å²) in [5.74, 6) is 0.488. The maximum Gasteiger partial charge on any atom is 0.207 e. The lowest BCUT2D eigenvalue weighted by Crippen LogP contribution is -2.16. The number of amides is 1. The molecule has 0 bridgehead atoms. The minimum Gasteiger partial charge on any atom is -0.358 e. The first-order valence-electron chi connectivity index (χ1n) is 5.28. The van der Waals surface area contributed by atoms with Crippen LogP contribution < -0.4 is 10.7 Å². The molecule has 0 aromatic carbocycles. The van der Waals surface area contributed by atoms with Crippen LogP contribution in [-0.2, 0) is 11.2 Å². The second-order valence-electron chi connectivity index (χ2n) is 3.73. The molecule has 1 heterocycles. The summed E-state index contributed by atoms with van der Waals surface area (Å²) in [5, 5.41) is 6.52. The number of aromatic nitrogens is 1. The van der Waals surface area contributed by atoms with E-state index in [1.807, 2.05) is 6.92 Å². The van der Waals surface area contributed by atoms with Gasteiger partial charge in [0.25, 0.3) is 0 Å². The molecule has 1 aliphatic carbocycles. The largest absolute Gasteiger partial charge is 0.358 e. The van der Waals surface area contributed by atoms with Crippen molar-refractivity contribution in [2.24, 2.45) is 0 Å². The second-order valence-corrected chi connectivity index (χ2v) is 3.73. The molecule has 5 nitrogen and oxygen atoms in total. The molecular weight excluding hydrogens is 220 g/mol. The van der Waals surface area contributed by atoms with E-state index in [9.17, 15) is 9.59 Å². The van der Waals surface area contributed by atoms with Gasteiger partial charge in [0, 0.05) is 24.6 Å². The summed E-state index contributed by atoms with van der Waals surface area (Å²) in [6.07, 6.45) is 1.25. The van der Waals surface area contributed by atoms with Crippen LogP contribution in [-0.4, -0.2) is 18.1 Å². The van der Waals surface area contributed by atoms with Crippen LogP contribution in [0.3, 0.4) is 0 Å². The SMILES string of the molecule is Cc1c2ccc(=O)cc-2onc1CCNC=O.